The molecule has 0 aromatic carbocycles. The van der Waals surface area contributed by atoms with E-state index in [2.05, 4.69) is 20.5 Å². The van der Waals surface area contributed by atoms with Crippen LogP contribution >= 0.6 is 0 Å². The molecule has 0 amide bonds. The lowest BCUT2D eigenvalue weighted by Gasteiger charge is -1.95. The number of nitrogens with zero attached hydrogens (tertiary/aromatic N) is 5. The van der Waals surface area contributed by atoms with Crippen LogP contribution in [0.4, 0.5) is 0 Å². The van der Waals surface area contributed by atoms with E-state index in [4.69, 9.17) is 4.52 Å². The minimum Gasteiger partial charge on any atom is -0.387 e. The molecule has 0 spiro atoms. The molecule has 2 aromatic rings. The molecule has 0 radical (unpaired) electrons. The zero-order chi connectivity index (χ0) is 12.4. The summed E-state index contributed by atoms with van der Waals surface area (Å²) < 4.78 is 6.65. The summed E-state index contributed by atoms with van der Waals surface area (Å²) in [7, 11) is 0. The zero-order valence-electron chi connectivity index (χ0n) is 10.0. The summed E-state index contributed by atoms with van der Waals surface area (Å²) in [4.78, 5) is 4.23. The van der Waals surface area contributed by atoms with E-state index in [0.717, 1.165) is 0 Å². The molecule has 1 unspecified atom stereocenters. The van der Waals surface area contributed by atoms with Gasteiger partial charge < -0.3 is 9.63 Å². The number of aliphatic hydroxyl groups is 1. The third-order valence-electron chi connectivity index (χ3n) is 2.27. The van der Waals surface area contributed by atoms with Gasteiger partial charge >= 0.3 is 0 Å². The summed E-state index contributed by atoms with van der Waals surface area (Å²) in [6.07, 6.45) is 1.04. The Kier molecular flexibility index (Phi) is 3.19. The second kappa shape index (κ2) is 4.62. The van der Waals surface area contributed by atoms with Gasteiger partial charge in [-0.2, -0.15) is 4.98 Å². The molecule has 0 fully saturated rings. The van der Waals surface area contributed by atoms with Crippen molar-refractivity contribution in [3.8, 4) is 0 Å². The van der Waals surface area contributed by atoms with Crippen LogP contribution in [-0.2, 0) is 6.54 Å². The SMILES string of the molecule is CC(C)c1nc(Cn2cc(C(C)O)nn2)no1. The fourth-order valence-electron chi connectivity index (χ4n) is 1.29. The lowest BCUT2D eigenvalue weighted by atomic mass is 10.2. The molecular formula is C10H15N5O2. The number of rotatable bonds is 4. The Morgan fingerprint density at radius 2 is 2.18 bits per heavy atom. The molecule has 2 aromatic heterocycles. The molecule has 0 aliphatic carbocycles. The maximum atomic E-state index is 9.31. The molecule has 1 N–H and O–H groups in total. The van der Waals surface area contributed by atoms with Crippen molar-refractivity contribution >= 4 is 0 Å². The van der Waals surface area contributed by atoms with Crippen LogP contribution in [0.1, 0.15) is 50.2 Å². The molecular weight excluding hydrogens is 222 g/mol. The van der Waals surface area contributed by atoms with Crippen LogP contribution < -0.4 is 0 Å². The van der Waals surface area contributed by atoms with Gasteiger partial charge in [-0.05, 0) is 6.92 Å². The number of hydrogen-bond acceptors (Lipinski definition) is 6. The maximum absolute atomic E-state index is 9.31. The van der Waals surface area contributed by atoms with Gasteiger partial charge in [0.05, 0.1) is 12.3 Å². The first-order valence-electron chi connectivity index (χ1n) is 5.47. The highest BCUT2D eigenvalue weighted by atomic mass is 16.5. The molecule has 0 aliphatic rings. The van der Waals surface area contributed by atoms with E-state index in [1.54, 1.807) is 17.8 Å². The highest BCUT2D eigenvalue weighted by molar-refractivity contribution is 4.97. The number of hydrogen-bond donors (Lipinski definition) is 1. The smallest absolute Gasteiger partial charge is 0.229 e. The Morgan fingerprint density at radius 3 is 2.71 bits per heavy atom. The Hall–Kier alpha value is -1.76. The Bertz CT molecular complexity index is 444. The third kappa shape index (κ3) is 2.68. The van der Waals surface area contributed by atoms with Gasteiger partial charge in [0, 0.05) is 5.92 Å². The highest BCUT2D eigenvalue weighted by Crippen LogP contribution is 2.12. The van der Waals surface area contributed by atoms with Crippen LogP contribution in [0.5, 0.6) is 0 Å². The predicted octanol–water partition coefficient (Wildman–Crippen LogP) is 0.886. The van der Waals surface area contributed by atoms with Gasteiger partial charge in [-0.3, -0.25) is 0 Å². The Balaban J connectivity index is 2.08. The molecule has 7 heteroatoms. The summed E-state index contributed by atoms with van der Waals surface area (Å²) in [5, 5.41) is 20.9. The van der Waals surface area contributed by atoms with Gasteiger partial charge in [0.1, 0.15) is 12.2 Å². The summed E-state index contributed by atoms with van der Waals surface area (Å²) >= 11 is 0. The summed E-state index contributed by atoms with van der Waals surface area (Å²) in [6, 6.07) is 0. The number of aliphatic hydroxyl groups excluding tert-OH is 1. The fraction of sp³-hybridized carbons (Fsp3) is 0.600. The van der Waals surface area contributed by atoms with Crippen molar-refractivity contribution in [3.05, 3.63) is 23.6 Å². The second-order valence-corrected chi connectivity index (χ2v) is 4.22. The van der Waals surface area contributed by atoms with Gasteiger partial charge in [-0.25, -0.2) is 4.68 Å². The third-order valence-corrected chi connectivity index (χ3v) is 2.27. The predicted molar refractivity (Wildman–Crippen MR) is 58.1 cm³/mol. The average molecular weight is 237 g/mol. The molecule has 0 saturated heterocycles. The first-order valence-corrected chi connectivity index (χ1v) is 5.47. The quantitative estimate of drug-likeness (QED) is 0.849. The van der Waals surface area contributed by atoms with Crippen LogP contribution in [0.2, 0.25) is 0 Å². The van der Waals surface area contributed by atoms with E-state index in [9.17, 15) is 5.11 Å². The lowest BCUT2D eigenvalue weighted by molar-refractivity contribution is 0.194. The minimum atomic E-state index is -0.625. The molecule has 0 saturated carbocycles. The molecule has 2 rings (SSSR count). The summed E-state index contributed by atoms with van der Waals surface area (Å²) in [6.45, 7) is 5.99. The van der Waals surface area contributed by atoms with Gasteiger partial charge in [-0.15, -0.1) is 5.10 Å². The molecule has 2 heterocycles. The standard InChI is InChI=1S/C10H15N5O2/c1-6(2)10-11-9(13-17-10)5-15-4-8(7(3)16)12-14-15/h4,6-7,16H,5H2,1-3H3. The van der Waals surface area contributed by atoms with Crippen LogP contribution in [-0.4, -0.2) is 30.2 Å². The molecule has 1 atom stereocenters. The number of aromatic nitrogens is 5. The van der Waals surface area contributed by atoms with Gasteiger partial charge in [0.2, 0.25) is 5.89 Å². The molecule has 92 valence electrons. The van der Waals surface area contributed by atoms with E-state index in [1.165, 1.54) is 0 Å². The summed E-state index contributed by atoms with van der Waals surface area (Å²) in [5.74, 6) is 1.37. The molecule has 0 aliphatic heterocycles. The summed E-state index contributed by atoms with van der Waals surface area (Å²) in [5.41, 5.74) is 0.526. The van der Waals surface area contributed by atoms with Gasteiger partial charge in [0.25, 0.3) is 0 Å². The van der Waals surface area contributed by atoms with E-state index in [-0.39, 0.29) is 5.92 Å². The van der Waals surface area contributed by atoms with Crippen LogP contribution in [0.15, 0.2) is 10.7 Å². The van der Waals surface area contributed by atoms with E-state index in [1.807, 2.05) is 13.8 Å². The van der Waals surface area contributed by atoms with Gasteiger partial charge in [-0.1, -0.05) is 24.2 Å². The monoisotopic (exact) mass is 237 g/mol. The second-order valence-electron chi connectivity index (χ2n) is 4.22. The van der Waals surface area contributed by atoms with Gasteiger partial charge in [0.15, 0.2) is 5.82 Å². The van der Waals surface area contributed by atoms with E-state index >= 15 is 0 Å². The van der Waals surface area contributed by atoms with E-state index in [0.29, 0.717) is 24.0 Å². The highest BCUT2D eigenvalue weighted by Gasteiger charge is 2.12. The maximum Gasteiger partial charge on any atom is 0.229 e. The Labute approximate surface area is 98.5 Å². The first kappa shape index (κ1) is 11.7. The van der Waals surface area contributed by atoms with E-state index < -0.39 is 6.10 Å². The first-order chi connectivity index (χ1) is 8.06. The largest absolute Gasteiger partial charge is 0.387 e. The van der Waals surface area contributed by atoms with Crippen molar-refractivity contribution in [3.63, 3.8) is 0 Å². The molecule has 17 heavy (non-hydrogen) atoms. The van der Waals surface area contributed by atoms with Crippen molar-refractivity contribution < 1.29 is 9.63 Å². The topological polar surface area (TPSA) is 89.9 Å². The van der Waals surface area contributed by atoms with Crippen LogP contribution in [0, 0.1) is 0 Å². The lowest BCUT2D eigenvalue weighted by Crippen LogP contribution is -2.02. The van der Waals surface area contributed by atoms with Crippen LogP contribution in [0.3, 0.4) is 0 Å². The zero-order valence-corrected chi connectivity index (χ0v) is 10.0. The van der Waals surface area contributed by atoms with Crippen molar-refractivity contribution in [2.45, 2.75) is 39.3 Å². The fourth-order valence-corrected chi connectivity index (χ4v) is 1.29. The molecule has 0 bridgehead atoms. The normalized spacial score (nSPS) is 13.2. The minimum absolute atomic E-state index is 0.208. The van der Waals surface area contributed by atoms with Crippen molar-refractivity contribution in [1.82, 2.24) is 25.1 Å². The molecule has 7 nitrogen and oxygen atoms in total. The Morgan fingerprint density at radius 1 is 1.41 bits per heavy atom. The van der Waals surface area contributed by atoms with Crippen molar-refractivity contribution in [1.29, 1.82) is 0 Å². The van der Waals surface area contributed by atoms with Crippen molar-refractivity contribution in [2.75, 3.05) is 0 Å². The van der Waals surface area contributed by atoms with Crippen LogP contribution in [0.25, 0.3) is 0 Å². The average Bonchev–Trinajstić information content (AvgIpc) is 2.87. The van der Waals surface area contributed by atoms with Crippen molar-refractivity contribution in [2.24, 2.45) is 0 Å².